The zero-order valence-electron chi connectivity index (χ0n) is 10.6. The molecule has 0 saturated heterocycles. The summed E-state index contributed by atoms with van der Waals surface area (Å²) in [5, 5.41) is 2.09. The second-order valence-electron chi connectivity index (χ2n) is 4.04. The molecule has 3 N–H and O–H groups in total. The quantitative estimate of drug-likeness (QED) is 0.516. The number of nitrogens with one attached hydrogen (secondary N) is 1. The van der Waals surface area contributed by atoms with Crippen molar-refractivity contribution >= 4 is 17.1 Å². The van der Waals surface area contributed by atoms with Gasteiger partial charge in [0.25, 0.3) is 0 Å². The summed E-state index contributed by atoms with van der Waals surface area (Å²) < 4.78 is 71.3. The average molecular weight is 304 g/mol. The lowest BCUT2D eigenvalue weighted by Crippen LogP contribution is -2.05. The number of halogens is 5. The van der Waals surface area contributed by atoms with Gasteiger partial charge in [-0.2, -0.15) is 0 Å². The smallest absolute Gasteiger partial charge is 0.185 e. The van der Waals surface area contributed by atoms with Crippen LogP contribution in [0.4, 0.5) is 39.0 Å². The largest absolute Gasteiger partial charge is 0.494 e. The number of benzene rings is 2. The fourth-order valence-corrected chi connectivity index (χ4v) is 1.65. The van der Waals surface area contributed by atoms with Crippen LogP contribution in [0.3, 0.4) is 0 Å². The van der Waals surface area contributed by atoms with Gasteiger partial charge in [-0.1, -0.05) is 0 Å². The summed E-state index contributed by atoms with van der Waals surface area (Å²) in [4.78, 5) is 0. The summed E-state index contributed by atoms with van der Waals surface area (Å²) in [6, 6.07) is 1.92. The van der Waals surface area contributed by atoms with E-state index in [0.29, 0.717) is 0 Å². The lowest BCUT2D eigenvalue weighted by atomic mass is 10.2. The molecule has 0 fully saturated rings. The Morgan fingerprint density at radius 3 is 2.00 bits per heavy atom. The highest BCUT2D eigenvalue weighted by Gasteiger charge is 2.20. The number of hydrogen-bond acceptors (Lipinski definition) is 3. The fourth-order valence-electron chi connectivity index (χ4n) is 1.65. The number of hydrogen-bond donors (Lipinski definition) is 2. The molecule has 0 amide bonds. The van der Waals surface area contributed by atoms with Gasteiger partial charge in [0, 0.05) is 18.2 Å². The Balaban J connectivity index is 2.53. The molecule has 0 aliphatic heterocycles. The molecular formula is C13H9F5N2O. The van der Waals surface area contributed by atoms with Crippen LogP contribution in [0.2, 0.25) is 0 Å². The minimum atomic E-state index is -1.63. The van der Waals surface area contributed by atoms with Crippen molar-refractivity contribution in [3.8, 4) is 5.75 Å². The van der Waals surface area contributed by atoms with Crippen LogP contribution < -0.4 is 15.8 Å². The standard InChI is InChI=1S/C13H9F5N2O/c1-21-10-4-9(8(19)3-5(10)14)20-13-11(17)6(15)2-7(16)12(13)18/h2-4,20H,19H2,1H3. The van der Waals surface area contributed by atoms with Gasteiger partial charge in [0.2, 0.25) is 0 Å². The Morgan fingerprint density at radius 1 is 0.905 bits per heavy atom. The van der Waals surface area contributed by atoms with Crippen LogP contribution in [-0.2, 0) is 0 Å². The van der Waals surface area contributed by atoms with Gasteiger partial charge in [0.1, 0.15) is 5.69 Å². The summed E-state index contributed by atoms with van der Waals surface area (Å²) in [7, 11) is 1.17. The monoisotopic (exact) mass is 304 g/mol. The van der Waals surface area contributed by atoms with Crippen molar-refractivity contribution in [2.45, 2.75) is 0 Å². The minimum Gasteiger partial charge on any atom is -0.494 e. The van der Waals surface area contributed by atoms with E-state index in [0.717, 1.165) is 12.1 Å². The van der Waals surface area contributed by atoms with Gasteiger partial charge in [-0.15, -0.1) is 0 Å². The van der Waals surface area contributed by atoms with Gasteiger partial charge in [-0.3, -0.25) is 0 Å². The zero-order chi connectivity index (χ0) is 15.7. The molecule has 112 valence electrons. The van der Waals surface area contributed by atoms with E-state index in [1.807, 2.05) is 0 Å². The molecule has 0 aliphatic rings. The molecule has 2 aromatic carbocycles. The van der Waals surface area contributed by atoms with Crippen LogP contribution in [0.15, 0.2) is 18.2 Å². The summed E-state index contributed by atoms with van der Waals surface area (Å²) >= 11 is 0. The summed E-state index contributed by atoms with van der Waals surface area (Å²) in [5.41, 5.74) is 4.01. The predicted molar refractivity (Wildman–Crippen MR) is 66.9 cm³/mol. The Labute approximate surface area is 116 Å². The Bertz CT molecular complexity index is 679. The van der Waals surface area contributed by atoms with Crippen molar-refractivity contribution < 1.29 is 26.7 Å². The van der Waals surface area contributed by atoms with E-state index in [9.17, 15) is 22.0 Å². The number of ether oxygens (including phenoxy) is 1. The van der Waals surface area contributed by atoms with Gasteiger partial charge in [-0.05, 0) is 0 Å². The molecule has 8 heteroatoms. The zero-order valence-corrected chi connectivity index (χ0v) is 10.6. The van der Waals surface area contributed by atoms with Crippen molar-refractivity contribution in [1.82, 2.24) is 0 Å². The van der Waals surface area contributed by atoms with Crippen molar-refractivity contribution in [3.05, 3.63) is 47.3 Å². The van der Waals surface area contributed by atoms with Crippen molar-refractivity contribution in [3.63, 3.8) is 0 Å². The van der Waals surface area contributed by atoms with Gasteiger partial charge >= 0.3 is 0 Å². The van der Waals surface area contributed by atoms with Crippen molar-refractivity contribution in [1.29, 1.82) is 0 Å². The van der Waals surface area contributed by atoms with Gasteiger partial charge < -0.3 is 15.8 Å². The van der Waals surface area contributed by atoms with E-state index >= 15 is 0 Å². The fraction of sp³-hybridized carbons (Fsp3) is 0.0769. The van der Waals surface area contributed by atoms with Gasteiger partial charge in [0.05, 0.1) is 18.5 Å². The molecule has 0 radical (unpaired) electrons. The molecule has 0 unspecified atom stereocenters. The van der Waals surface area contributed by atoms with Crippen LogP contribution >= 0.6 is 0 Å². The Hall–Kier alpha value is -2.51. The lowest BCUT2D eigenvalue weighted by molar-refractivity contribution is 0.387. The topological polar surface area (TPSA) is 47.3 Å². The normalized spacial score (nSPS) is 10.6. The van der Waals surface area contributed by atoms with Crippen LogP contribution in [0.5, 0.6) is 5.75 Å². The van der Waals surface area contributed by atoms with Crippen LogP contribution in [0.1, 0.15) is 0 Å². The second-order valence-corrected chi connectivity index (χ2v) is 4.04. The van der Waals surface area contributed by atoms with E-state index in [-0.39, 0.29) is 23.2 Å². The third kappa shape index (κ3) is 2.69. The first-order valence-corrected chi connectivity index (χ1v) is 5.58. The molecule has 0 heterocycles. The third-order valence-corrected chi connectivity index (χ3v) is 2.70. The molecule has 0 saturated carbocycles. The number of nitrogen functional groups attached to an aromatic ring is 1. The van der Waals surface area contributed by atoms with Crippen LogP contribution in [-0.4, -0.2) is 7.11 Å². The highest BCUT2D eigenvalue weighted by atomic mass is 19.2. The second kappa shape index (κ2) is 5.47. The molecule has 3 nitrogen and oxygen atoms in total. The van der Waals surface area contributed by atoms with Crippen molar-refractivity contribution in [2.24, 2.45) is 0 Å². The summed E-state index contributed by atoms with van der Waals surface area (Å²) in [5.74, 6) is -7.47. The van der Waals surface area contributed by atoms with Gasteiger partial charge in [0.15, 0.2) is 34.8 Å². The maximum atomic E-state index is 13.5. The molecule has 2 aromatic rings. The van der Waals surface area contributed by atoms with Gasteiger partial charge in [-0.25, -0.2) is 22.0 Å². The van der Waals surface area contributed by atoms with Crippen molar-refractivity contribution in [2.75, 3.05) is 18.2 Å². The molecule has 0 spiro atoms. The number of rotatable bonds is 3. The van der Waals surface area contributed by atoms with E-state index in [2.05, 4.69) is 10.1 Å². The highest BCUT2D eigenvalue weighted by molar-refractivity contribution is 5.74. The molecule has 0 aromatic heterocycles. The minimum absolute atomic E-state index is 0.0739. The predicted octanol–water partition coefficient (Wildman–Crippen LogP) is 3.72. The van der Waals surface area contributed by atoms with Crippen LogP contribution in [0, 0.1) is 29.1 Å². The number of nitrogens with two attached hydrogens (primary N) is 1. The SMILES string of the molecule is COc1cc(Nc2c(F)c(F)cc(F)c2F)c(N)cc1F. The first-order valence-electron chi connectivity index (χ1n) is 5.58. The molecule has 0 aliphatic carbocycles. The summed E-state index contributed by atoms with van der Waals surface area (Å²) in [6.45, 7) is 0. The maximum Gasteiger partial charge on any atom is 0.185 e. The third-order valence-electron chi connectivity index (χ3n) is 2.70. The highest BCUT2D eigenvalue weighted by Crippen LogP contribution is 2.33. The van der Waals surface area contributed by atoms with E-state index in [4.69, 9.17) is 5.73 Å². The molecule has 21 heavy (non-hydrogen) atoms. The maximum absolute atomic E-state index is 13.5. The van der Waals surface area contributed by atoms with E-state index in [1.54, 1.807) is 0 Å². The summed E-state index contributed by atoms with van der Waals surface area (Å²) in [6.07, 6.45) is 0. The first kappa shape index (κ1) is 14.9. The van der Waals surface area contributed by atoms with Crippen LogP contribution in [0.25, 0.3) is 0 Å². The first-order chi connectivity index (χ1) is 9.85. The average Bonchev–Trinajstić information content (AvgIpc) is 2.43. The van der Waals surface area contributed by atoms with E-state index < -0.39 is 34.8 Å². The number of methoxy groups -OCH3 is 1. The Kier molecular flexibility index (Phi) is 3.88. The van der Waals surface area contributed by atoms with E-state index in [1.165, 1.54) is 7.11 Å². The molecule has 2 rings (SSSR count). The molecule has 0 bridgehead atoms. The lowest BCUT2D eigenvalue weighted by Gasteiger charge is -2.13. The molecular weight excluding hydrogens is 295 g/mol. The Morgan fingerprint density at radius 2 is 1.48 bits per heavy atom. The number of anilines is 3. The molecule has 0 atom stereocenters.